The zero-order valence-corrected chi connectivity index (χ0v) is 18.9. The van der Waals surface area contributed by atoms with Gasteiger partial charge in [-0.3, -0.25) is 9.69 Å². The summed E-state index contributed by atoms with van der Waals surface area (Å²) < 4.78 is 11.7. The van der Waals surface area contributed by atoms with Crippen molar-refractivity contribution >= 4 is 17.3 Å². The van der Waals surface area contributed by atoms with Gasteiger partial charge in [0.25, 0.3) is 5.91 Å². The maximum absolute atomic E-state index is 13.2. The van der Waals surface area contributed by atoms with Crippen LogP contribution < -0.4 is 19.7 Å². The van der Waals surface area contributed by atoms with Gasteiger partial charge in [-0.2, -0.15) is 0 Å². The first-order chi connectivity index (χ1) is 15.7. The van der Waals surface area contributed by atoms with E-state index in [1.54, 1.807) is 4.90 Å². The van der Waals surface area contributed by atoms with Gasteiger partial charge in [-0.1, -0.05) is 55.8 Å². The summed E-state index contributed by atoms with van der Waals surface area (Å²) in [4.78, 5) is 14.9. The highest BCUT2D eigenvalue weighted by atomic mass is 16.5. The maximum atomic E-state index is 13.2. The molecule has 0 aliphatic heterocycles. The average Bonchev–Trinajstić information content (AvgIpc) is 2.83. The summed E-state index contributed by atoms with van der Waals surface area (Å²) in [5.41, 5.74) is 2.72. The molecule has 168 valence electrons. The normalized spacial score (nSPS) is 10.6. The number of nitrogens with one attached hydrogen (secondary N) is 1. The molecule has 3 aromatic carbocycles. The van der Waals surface area contributed by atoms with E-state index >= 15 is 0 Å². The predicted octanol–water partition coefficient (Wildman–Crippen LogP) is 5.72. The van der Waals surface area contributed by atoms with Gasteiger partial charge in [-0.15, -0.1) is 0 Å². The number of unbranched alkanes of at least 4 members (excludes halogenated alkanes) is 1. The first-order valence-electron chi connectivity index (χ1n) is 11.2. The van der Waals surface area contributed by atoms with E-state index in [9.17, 15) is 4.79 Å². The van der Waals surface area contributed by atoms with E-state index in [-0.39, 0.29) is 12.5 Å². The molecule has 5 heteroatoms. The van der Waals surface area contributed by atoms with Crippen LogP contribution in [-0.4, -0.2) is 25.7 Å². The lowest BCUT2D eigenvalue weighted by molar-refractivity contribution is -0.119. The number of anilines is 2. The number of hydrogen-bond acceptors (Lipinski definition) is 4. The zero-order valence-electron chi connectivity index (χ0n) is 18.9. The molecule has 3 aromatic rings. The second kappa shape index (κ2) is 12.5. The summed E-state index contributed by atoms with van der Waals surface area (Å²) >= 11 is 0. The highest BCUT2D eigenvalue weighted by Crippen LogP contribution is 2.30. The lowest BCUT2D eigenvalue weighted by Crippen LogP contribution is -2.31. The van der Waals surface area contributed by atoms with Crippen LogP contribution in [0.5, 0.6) is 11.5 Å². The second-order valence-corrected chi connectivity index (χ2v) is 7.43. The first kappa shape index (κ1) is 23.4. The van der Waals surface area contributed by atoms with Gasteiger partial charge in [0, 0.05) is 17.9 Å². The van der Waals surface area contributed by atoms with Crippen LogP contribution in [-0.2, 0) is 11.3 Å². The van der Waals surface area contributed by atoms with Gasteiger partial charge < -0.3 is 14.8 Å². The topological polar surface area (TPSA) is 50.8 Å². The van der Waals surface area contributed by atoms with Crippen LogP contribution >= 0.6 is 0 Å². The molecule has 0 fully saturated rings. The molecule has 0 spiro atoms. The molecule has 0 saturated heterocycles. The van der Waals surface area contributed by atoms with Gasteiger partial charge in [0.05, 0.1) is 6.61 Å². The summed E-state index contributed by atoms with van der Waals surface area (Å²) in [7, 11) is 0. The van der Waals surface area contributed by atoms with Crippen LogP contribution in [0.1, 0.15) is 32.3 Å². The fraction of sp³-hybridized carbons (Fsp3) is 0.296. The number of ether oxygens (including phenoxy) is 2. The largest absolute Gasteiger partial charge is 0.490 e. The van der Waals surface area contributed by atoms with Crippen molar-refractivity contribution in [3.63, 3.8) is 0 Å². The Kier molecular flexibility index (Phi) is 9.14. The van der Waals surface area contributed by atoms with E-state index in [4.69, 9.17) is 9.47 Å². The van der Waals surface area contributed by atoms with Crippen LogP contribution in [0.25, 0.3) is 0 Å². The molecule has 0 unspecified atom stereocenters. The fourth-order valence-electron chi connectivity index (χ4n) is 3.38. The Morgan fingerprint density at radius 2 is 1.50 bits per heavy atom. The molecule has 32 heavy (non-hydrogen) atoms. The number of carbonyl (C=O) groups excluding carboxylic acids is 1. The molecule has 0 bridgehead atoms. The molecule has 0 aliphatic rings. The first-order valence-corrected chi connectivity index (χ1v) is 11.2. The fourth-order valence-corrected chi connectivity index (χ4v) is 3.38. The number of nitrogens with zero attached hydrogens (tertiary/aromatic N) is 1. The molecule has 1 N–H and O–H groups in total. The van der Waals surface area contributed by atoms with Crippen molar-refractivity contribution in [1.29, 1.82) is 0 Å². The van der Waals surface area contributed by atoms with Crippen molar-refractivity contribution in [1.82, 2.24) is 5.32 Å². The third-order valence-corrected chi connectivity index (χ3v) is 4.97. The number of hydrogen-bond donors (Lipinski definition) is 1. The molecule has 1 amide bonds. The smallest absolute Gasteiger partial charge is 0.269 e. The summed E-state index contributed by atoms with van der Waals surface area (Å²) in [6, 6.07) is 25.1. The van der Waals surface area contributed by atoms with E-state index in [0.29, 0.717) is 18.1 Å². The van der Waals surface area contributed by atoms with Crippen LogP contribution in [0.2, 0.25) is 0 Å². The summed E-state index contributed by atoms with van der Waals surface area (Å²) in [5, 5.41) is 3.44. The molecular weight excluding hydrogens is 400 g/mol. The molecule has 0 radical (unpaired) electrons. The van der Waals surface area contributed by atoms with Gasteiger partial charge in [0.15, 0.2) is 18.1 Å². The zero-order chi connectivity index (χ0) is 22.6. The van der Waals surface area contributed by atoms with Crippen molar-refractivity contribution in [3.8, 4) is 11.5 Å². The van der Waals surface area contributed by atoms with Gasteiger partial charge in [0.1, 0.15) is 0 Å². The Bertz CT molecular complexity index is 922. The van der Waals surface area contributed by atoms with Crippen LogP contribution in [0.4, 0.5) is 11.4 Å². The molecule has 0 heterocycles. The standard InChI is InChI=1S/C27H32N2O3/c1-3-5-18-28-20-22-16-17-25(26(19-22)31-4-2)32-21-27(30)29(23-12-8-6-9-13-23)24-14-10-7-11-15-24/h6-17,19,28H,3-5,18,20-21H2,1-2H3. The Morgan fingerprint density at radius 1 is 0.844 bits per heavy atom. The van der Waals surface area contributed by atoms with Crippen molar-refractivity contribution < 1.29 is 14.3 Å². The highest BCUT2D eigenvalue weighted by Gasteiger charge is 2.19. The SMILES string of the molecule is CCCCNCc1ccc(OCC(=O)N(c2ccccc2)c2ccccc2)c(OCC)c1. The molecule has 0 aromatic heterocycles. The predicted molar refractivity (Wildman–Crippen MR) is 130 cm³/mol. The molecule has 5 nitrogen and oxygen atoms in total. The monoisotopic (exact) mass is 432 g/mol. The molecule has 0 atom stereocenters. The summed E-state index contributed by atoms with van der Waals surface area (Å²) in [5.74, 6) is 1.06. The molecule has 0 aliphatic carbocycles. The average molecular weight is 433 g/mol. The van der Waals surface area contributed by atoms with Crippen molar-refractivity contribution in [2.24, 2.45) is 0 Å². The van der Waals surface area contributed by atoms with Gasteiger partial charge in [0.2, 0.25) is 0 Å². The Balaban J connectivity index is 1.72. The highest BCUT2D eigenvalue weighted by molar-refractivity contribution is 6.01. The third-order valence-electron chi connectivity index (χ3n) is 4.97. The molecular formula is C27H32N2O3. The maximum Gasteiger partial charge on any atom is 0.269 e. The summed E-state index contributed by atoms with van der Waals surface area (Å²) in [6.45, 7) is 6.30. The van der Waals surface area contributed by atoms with Gasteiger partial charge >= 0.3 is 0 Å². The second-order valence-electron chi connectivity index (χ2n) is 7.43. The quantitative estimate of drug-likeness (QED) is 0.372. The number of rotatable bonds is 12. The minimum atomic E-state index is -0.157. The van der Waals surface area contributed by atoms with Crippen LogP contribution in [0, 0.1) is 0 Å². The Hall–Kier alpha value is -3.31. The number of para-hydroxylation sites is 2. The summed E-state index contributed by atoms with van der Waals surface area (Å²) in [6.07, 6.45) is 2.32. The van der Waals surface area contributed by atoms with E-state index < -0.39 is 0 Å². The molecule has 0 saturated carbocycles. The minimum Gasteiger partial charge on any atom is -0.490 e. The minimum absolute atomic E-state index is 0.0992. The van der Waals surface area contributed by atoms with Crippen molar-refractivity contribution in [2.75, 3.05) is 24.7 Å². The number of amides is 1. The van der Waals surface area contributed by atoms with Crippen molar-refractivity contribution in [3.05, 3.63) is 84.4 Å². The van der Waals surface area contributed by atoms with E-state index in [1.807, 2.05) is 85.8 Å². The Labute approximate surface area is 191 Å². The lowest BCUT2D eigenvalue weighted by Gasteiger charge is -2.23. The number of benzene rings is 3. The Morgan fingerprint density at radius 3 is 2.09 bits per heavy atom. The van der Waals surface area contributed by atoms with Gasteiger partial charge in [-0.05, 0) is 61.9 Å². The lowest BCUT2D eigenvalue weighted by atomic mass is 10.2. The van der Waals surface area contributed by atoms with Crippen LogP contribution in [0.3, 0.4) is 0 Å². The van der Waals surface area contributed by atoms with E-state index in [1.165, 1.54) is 6.42 Å². The molecule has 3 rings (SSSR count). The van der Waals surface area contributed by atoms with Gasteiger partial charge in [-0.25, -0.2) is 0 Å². The van der Waals surface area contributed by atoms with Crippen molar-refractivity contribution in [2.45, 2.75) is 33.2 Å². The third kappa shape index (κ3) is 6.59. The van der Waals surface area contributed by atoms with E-state index in [2.05, 4.69) is 12.2 Å². The number of carbonyl (C=O) groups is 1. The van der Waals surface area contributed by atoms with Crippen LogP contribution in [0.15, 0.2) is 78.9 Å². The van der Waals surface area contributed by atoms with E-state index in [0.717, 1.165) is 36.4 Å².